The Balaban J connectivity index is 2.15. The first-order chi connectivity index (χ1) is 9.00. The maximum atomic E-state index is 12.7. The van der Waals surface area contributed by atoms with Crippen LogP contribution < -0.4 is 0 Å². The van der Waals surface area contributed by atoms with Gasteiger partial charge in [0.1, 0.15) is 6.61 Å². The third-order valence-electron chi connectivity index (χ3n) is 3.31. The van der Waals surface area contributed by atoms with Gasteiger partial charge in [-0.1, -0.05) is 25.1 Å². The van der Waals surface area contributed by atoms with Gasteiger partial charge in [0.25, 0.3) is 6.40 Å². The van der Waals surface area contributed by atoms with Crippen molar-refractivity contribution in [2.45, 2.75) is 37.9 Å². The molecule has 0 N–H and O–H groups in total. The van der Waals surface area contributed by atoms with E-state index in [2.05, 4.69) is 11.4 Å². The Morgan fingerprint density at radius 2 is 2.26 bits per heavy atom. The Kier molecular flexibility index (Phi) is 4.12. The summed E-state index contributed by atoms with van der Waals surface area (Å²) in [5.41, 5.74) is 0.112. The van der Waals surface area contributed by atoms with Crippen molar-refractivity contribution in [2.24, 2.45) is 4.99 Å². The van der Waals surface area contributed by atoms with Crippen LogP contribution in [-0.4, -0.2) is 19.0 Å². The highest BCUT2D eigenvalue weighted by molar-refractivity contribution is 5.49. The molecular formula is C14H15F3NO. The van der Waals surface area contributed by atoms with Crippen molar-refractivity contribution in [1.82, 2.24) is 0 Å². The van der Waals surface area contributed by atoms with Crippen molar-refractivity contribution in [2.75, 3.05) is 6.61 Å². The zero-order valence-electron chi connectivity index (χ0n) is 10.6. The third-order valence-corrected chi connectivity index (χ3v) is 3.31. The maximum absolute atomic E-state index is 12.7. The van der Waals surface area contributed by atoms with Crippen molar-refractivity contribution in [3.8, 4) is 0 Å². The molecule has 0 fully saturated rings. The first-order valence-electron chi connectivity index (χ1n) is 6.24. The smallest absolute Gasteiger partial charge is 0.416 e. The first kappa shape index (κ1) is 13.9. The minimum atomic E-state index is -4.29. The van der Waals surface area contributed by atoms with Gasteiger partial charge in [0, 0.05) is 0 Å². The molecule has 1 aromatic carbocycles. The molecule has 0 saturated carbocycles. The van der Waals surface area contributed by atoms with E-state index < -0.39 is 11.7 Å². The fraction of sp³-hybridized carbons (Fsp3) is 0.500. The van der Waals surface area contributed by atoms with E-state index in [4.69, 9.17) is 4.74 Å². The molecule has 0 amide bonds. The van der Waals surface area contributed by atoms with E-state index in [1.807, 2.05) is 6.92 Å². The average molecular weight is 270 g/mol. The molecule has 2 atom stereocenters. The van der Waals surface area contributed by atoms with Crippen molar-refractivity contribution >= 4 is 6.40 Å². The quantitative estimate of drug-likeness (QED) is 0.813. The summed E-state index contributed by atoms with van der Waals surface area (Å²) in [6.07, 6.45) is -0.405. The van der Waals surface area contributed by atoms with Crippen LogP contribution >= 0.6 is 0 Å². The molecule has 0 spiro atoms. The third kappa shape index (κ3) is 3.49. The Morgan fingerprint density at radius 3 is 2.84 bits per heavy atom. The second-order valence-corrected chi connectivity index (χ2v) is 4.65. The minimum Gasteiger partial charge on any atom is -0.472 e. The largest absolute Gasteiger partial charge is 0.472 e. The first-order valence-corrected chi connectivity index (χ1v) is 6.24. The Hall–Kier alpha value is -1.52. The van der Waals surface area contributed by atoms with E-state index in [-0.39, 0.29) is 12.0 Å². The molecule has 0 aromatic heterocycles. The zero-order chi connectivity index (χ0) is 13.9. The second kappa shape index (κ2) is 5.63. The summed E-state index contributed by atoms with van der Waals surface area (Å²) in [6, 6.07) is 5.53. The van der Waals surface area contributed by atoms with Crippen LogP contribution in [-0.2, 0) is 10.9 Å². The van der Waals surface area contributed by atoms with E-state index >= 15 is 0 Å². The van der Waals surface area contributed by atoms with Crippen LogP contribution in [0.1, 0.15) is 36.8 Å². The van der Waals surface area contributed by atoms with Crippen LogP contribution in [0.15, 0.2) is 29.3 Å². The Labute approximate surface area is 110 Å². The number of hydrogen-bond donors (Lipinski definition) is 0. The predicted molar refractivity (Wildman–Crippen MR) is 66.3 cm³/mol. The summed E-state index contributed by atoms with van der Waals surface area (Å²) in [5, 5.41) is 0. The lowest BCUT2D eigenvalue weighted by Gasteiger charge is -2.18. The van der Waals surface area contributed by atoms with Gasteiger partial charge in [0.2, 0.25) is 0 Å². The van der Waals surface area contributed by atoms with E-state index in [9.17, 15) is 13.2 Å². The number of ether oxygens (including phenoxy) is 1. The molecule has 19 heavy (non-hydrogen) atoms. The predicted octanol–water partition coefficient (Wildman–Crippen LogP) is 3.89. The number of aliphatic imine (C=N–C) groups is 1. The highest BCUT2D eigenvalue weighted by Gasteiger charge is 2.31. The van der Waals surface area contributed by atoms with E-state index in [1.165, 1.54) is 12.1 Å². The summed E-state index contributed by atoms with van der Waals surface area (Å²) in [4.78, 5) is 4.03. The monoisotopic (exact) mass is 270 g/mol. The van der Waals surface area contributed by atoms with Gasteiger partial charge in [0.05, 0.1) is 11.6 Å². The lowest BCUT2D eigenvalue weighted by atomic mass is 9.89. The van der Waals surface area contributed by atoms with Gasteiger partial charge in [-0.25, -0.2) is 4.99 Å². The van der Waals surface area contributed by atoms with Gasteiger partial charge in [-0.2, -0.15) is 13.2 Å². The summed E-state index contributed by atoms with van der Waals surface area (Å²) in [7, 11) is 0. The molecular weight excluding hydrogens is 255 g/mol. The number of alkyl halides is 3. The summed E-state index contributed by atoms with van der Waals surface area (Å²) >= 11 is 0. The SMILES string of the molecule is CCC(CC1CO[C]=N1)c1cccc(C(F)(F)F)c1. The van der Waals surface area contributed by atoms with Crippen LogP contribution in [0.4, 0.5) is 13.2 Å². The molecule has 0 saturated heterocycles. The second-order valence-electron chi connectivity index (χ2n) is 4.65. The van der Waals surface area contributed by atoms with Crippen LogP contribution in [0.25, 0.3) is 0 Å². The number of halogens is 3. The fourth-order valence-electron chi connectivity index (χ4n) is 2.24. The van der Waals surface area contributed by atoms with Gasteiger partial charge in [-0.15, -0.1) is 0 Å². The summed E-state index contributed by atoms with van der Waals surface area (Å²) in [5.74, 6) is 0.0551. The average Bonchev–Trinajstić information content (AvgIpc) is 2.88. The standard InChI is InChI=1S/C14H15F3NO/c1-2-10(7-13-8-19-9-18-13)11-4-3-5-12(6-11)14(15,16)17/h3-6,10,13H,2,7-8H2,1H3. The van der Waals surface area contributed by atoms with Crippen LogP contribution in [0.3, 0.4) is 0 Å². The van der Waals surface area contributed by atoms with Crippen molar-refractivity contribution < 1.29 is 17.9 Å². The Bertz CT molecular complexity index is 456. The molecule has 0 bridgehead atoms. The van der Waals surface area contributed by atoms with Crippen LogP contribution in [0.5, 0.6) is 0 Å². The van der Waals surface area contributed by atoms with Gasteiger partial charge >= 0.3 is 6.18 Å². The lowest BCUT2D eigenvalue weighted by molar-refractivity contribution is -0.137. The molecule has 1 aromatic rings. The molecule has 2 unspecified atom stereocenters. The molecule has 1 heterocycles. The number of nitrogens with zero attached hydrogens (tertiary/aromatic N) is 1. The number of hydrogen-bond acceptors (Lipinski definition) is 2. The Morgan fingerprint density at radius 1 is 1.47 bits per heavy atom. The molecule has 1 radical (unpaired) electrons. The normalized spacial score (nSPS) is 20.3. The molecule has 103 valence electrons. The van der Waals surface area contributed by atoms with E-state index in [1.54, 1.807) is 6.07 Å². The van der Waals surface area contributed by atoms with Crippen LogP contribution in [0.2, 0.25) is 0 Å². The fourth-order valence-corrected chi connectivity index (χ4v) is 2.24. The molecule has 1 aliphatic heterocycles. The molecule has 0 aliphatic carbocycles. The molecule has 2 rings (SSSR count). The lowest BCUT2D eigenvalue weighted by Crippen LogP contribution is -2.13. The zero-order valence-corrected chi connectivity index (χ0v) is 10.6. The van der Waals surface area contributed by atoms with E-state index in [0.29, 0.717) is 18.6 Å². The van der Waals surface area contributed by atoms with Gasteiger partial charge < -0.3 is 4.74 Å². The van der Waals surface area contributed by atoms with Crippen molar-refractivity contribution in [3.63, 3.8) is 0 Å². The van der Waals surface area contributed by atoms with Crippen LogP contribution in [0, 0.1) is 0 Å². The van der Waals surface area contributed by atoms with Gasteiger partial charge in [-0.05, 0) is 30.4 Å². The van der Waals surface area contributed by atoms with Crippen molar-refractivity contribution in [3.05, 3.63) is 35.4 Å². The van der Waals surface area contributed by atoms with Gasteiger partial charge in [-0.3, -0.25) is 0 Å². The molecule has 5 heteroatoms. The highest BCUT2D eigenvalue weighted by Crippen LogP contribution is 2.33. The summed E-state index contributed by atoms with van der Waals surface area (Å²) in [6.45, 7) is 2.43. The van der Waals surface area contributed by atoms with E-state index in [0.717, 1.165) is 12.5 Å². The number of rotatable bonds is 4. The van der Waals surface area contributed by atoms with Crippen molar-refractivity contribution in [1.29, 1.82) is 0 Å². The minimum absolute atomic E-state index is 0.000470. The summed E-state index contributed by atoms with van der Waals surface area (Å²) < 4.78 is 43.0. The number of benzene rings is 1. The molecule has 1 aliphatic rings. The topological polar surface area (TPSA) is 21.6 Å². The maximum Gasteiger partial charge on any atom is 0.416 e. The molecule has 2 nitrogen and oxygen atoms in total. The van der Waals surface area contributed by atoms with Gasteiger partial charge in [0.15, 0.2) is 0 Å². The highest BCUT2D eigenvalue weighted by atomic mass is 19.4.